The molecule has 0 radical (unpaired) electrons. The number of hydrogen-bond donors (Lipinski definition) is 2. The van der Waals surface area contributed by atoms with Crippen LogP contribution in [0.4, 0.5) is 0 Å². The van der Waals surface area contributed by atoms with Gasteiger partial charge in [0.1, 0.15) is 5.75 Å². The predicted molar refractivity (Wildman–Crippen MR) is 97.9 cm³/mol. The van der Waals surface area contributed by atoms with Crippen LogP contribution in [0.15, 0.2) is 18.2 Å². The summed E-state index contributed by atoms with van der Waals surface area (Å²) in [5.74, 6) is 0.941. The van der Waals surface area contributed by atoms with Gasteiger partial charge in [0.2, 0.25) is 0 Å². The summed E-state index contributed by atoms with van der Waals surface area (Å²) in [5.41, 5.74) is 4.10. The van der Waals surface area contributed by atoms with Crippen LogP contribution in [-0.4, -0.2) is 68.2 Å². The molecule has 5 heteroatoms. The number of methoxy groups -OCH3 is 1. The highest BCUT2D eigenvalue weighted by Crippen LogP contribution is 2.33. The summed E-state index contributed by atoms with van der Waals surface area (Å²) in [5, 5.41) is 5.04. The highest BCUT2D eigenvalue weighted by molar-refractivity contribution is 5.86. The van der Waals surface area contributed by atoms with Crippen LogP contribution in [0.25, 0.3) is 10.9 Å². The second-order valence-electron chi connectivity index (χ2n) is 7.12. The van der Waals surface area contributed by atoms with Crippen molar-refractivity contribution in [3.05, 3.63) is 29.5 Å². The number of benzene rings is 1. The van der Waals surface area contributed by atoms with Gasteiger partial charge in [-0.15, -0.1) is 0 Å². The average molecular weight is 328 g/mol. The van der Waals surface area contributed by atoms with Crippen LogP contribution in [0.2, 0.25) is 0 Å². The van der Waals surface area contributed by atoms with Gasteiger partial charge in [-0.1, -0.05) is 0 Å². The van der Waals surface area contributed by atoms with E-state index >= 15 is 0 Å². The van der Waals surface area contributed by atoms with E-state index in [9.17, 15) is 0 Å². The van der Waals surface area contributed by atoms with Gasteiger partial charge in [-0.05, 0) is 50.2 Å². The summed E-state index contributed by atoms with van der Waals surface area (Å²) in [6.07, 6.45) is 2.26. The van der Waals surface area contributed by atoms with Gasteiger partial charge in [-0.25, -0.2) is 0 Å². The first-order chi connectivity index (χ1) is 11.7. The molecule has 3 heterocycles. The first-order valence-corrected chi connectivity index (χ1v) is 9.07. The number of likely N-dealkylation sites (N-methyl/N-ethyl adjacent to an activating group) is 1. The van der Waals surface area contributed by atoms with E-state index in [-0.39, 0.29) is 0 Å². The smallest absolute Gasteiger partial charge is 0.119 e. The summed E-state index contributed by atoms with van der Waals surface area (Å²) >= 11 is 0. The Balaban J connectivity index is 1.51. The summed E-state index contributed by atoms with van der Waals surface area (Å²) in [6, 6.07) is 6.79. The van der Waals surface area contributed by atoms with Crippen molar-refractivity contribution in [2.45, 2.75) is 18.9 Å². The van der Waals surface area contributed by atoms with Crippen molar-refractivity contribution in [1.82, 2.24) is 20.1 Å². The lowest BCUT2D eigenvalue weighted by Gasteiger charge is -2.34. The first-order valence-electron chi connectivity index (χ1n) is 9.07. The second-order valence-corrected chi connectivity index (χ2v) is 7.12. The number of H-pyrrole nitrogens is 1. The number of piperazine rings is 1. The van der Waals surface area contributed by atoms with Crippen LogP contribution in [-0.2, 0) is 6.42 Å². The summed E-state index contributed by atoms with van der Waals surface area (Å²) in [4.78, 5) is 8.68. The normalized spacial score (nSPS) is 22.7. The number of hydrogen-bond acceptors (Lipinski definition) is 4. The molecule has 5 nitrogen and oxygen atoms in total. The van der Waals surface area contributed by atoms with Crippen molar-refractivity contribution < 1.29 is 4.74 Å². The lowest BCUT2D eigenvalue weighted by Crippen LogP contribution is -2.45. The zero-order valence-corrected chi connectivity index (χ0v) is 14.8. The fraction of sp³-hybridized carbons (Fsp3) is 0.579. The van der Waals surface area contributed by atoms with Gasteiger partial charge >= 0.3 is 0 Å². The Kier molecular flexibility index (Phi) is 4.48. The minimum absolute atomic E-state index is 0.437. The maximum atomic E-state index is 5.40. The Morgan fingerprint density at radius 1 is 1.21 bits per heavy atom. The van der Waals surface area contributed by atoms with Crippen molar-refractivity contribution in [2.24, 2.45) is 0 Å². The molecule has 4 rings (SSSR count). The average Bonchev–Trinajstić information content (AvgIpc) is 2.99. The molecule has 24 heavy (non-hydrogen) atoms. The number of aromatic amines is 1. The van der Waals surface area contributed by atoms with Crippen LogP contribution in [0, 0.1) is 0 Å². The Morgan fingerprint density at radius 3 is 2.83 bits per heavy atom. The van der Waals surface area contributed by atoms with E-state index in [1.54, 1.807) is 7.11 Å². The Bertz CT molecular complexity index is 703. The van der Waals surface area contributed by atoms with E-state index in [0.717, 1.165) is 18.7 Å². The highest BCUT2D eigenvalue weighted by Gasteiger charge is 2.25. The molecule has 1 aromatic carbocycles. The molecule has 1 fully saturated rings. The standard InChI is InChI=1S/C19H28N4O/c1-22-9-11-23(12-10-22)8-6-18-19-15(5-7-20-18)16-13-14(24-2)3-4-17(16)21-19/h3-4,13,18,20-21H,5-12H2,1-2H3/t18-/m1/s1. The van der Waals surface area contributed by atoms with Gasteiger partial charge in [-0.3, -0.25) is 0 Å². The monoisotopic (exact) mass is 328 g/mol. The van der Waals surface area contributed by atoms with E-state index in [1.807, 2.05) is 6.07 Å². The molecule has 0 amide bonds. The summed E-state index contributed by atoms with van der Waals surface area (Å²) < 4.78 is 5.40. The van der Waals surface area contributed by atoms with Crippen molar-refractivity contribution in [1.29, 1.82) is 0 Å². The zero-order chi connectivity index (χ0) is 16.5. The number of fused-ring (bicyclic) bond motifs is 3. The van der Waals surface area contributed by atoms with Gasteiger partial charge in [0.05, 0.1) is 7.11 Å². The van der Waals surface area contributed by atoms with Crippen LogP contribution >= 0.6 is 0 Å². The fourth-order valence-corrected chi connectivity index (χ4v) is 4.04. The van der Waals surface area contributed by atoms with Gasteiger partial charge in [-0.2, -0.15) is 0 Å². The molecule has 0 unspecified atom stereocenters. The van der Waals surface area contributed by atoms with Crippen LogP contribution < -0.4 is 10.1 Å². The minimum atomic E-state index is 0.437. The third-order valence-electron chi connectivity index (χ3n) is 5.59. The van der Waals surface area contributed by atoms with Crippen LogP contribution in [0.3, 0.4) is 0 Å². The number of aromatic nitrogens is 1. The van der Waals surface area contributed by atoms with Crippen molar-refractivity contribution in [3.8, 4) is 5.75 Å². The Morgan fingerprint density at radius 2 is 2.04 bits per heavy atom. The third kappa shape index (κ3) is 3.04. The molecule has 0 spiro atoms. The molecule has 130 valence electrons. The largest absolute Gasteiger partial charge is 0.497 e. The lowest BCUT2D eigenvalue weighted by atomic mass is 9.97. The molecule has 1 saturated heterocycles. The van der Waals surface area contributed by atoms with E-state index in [4.69, 9.17) is 4.74 Å². The van der Waals surface area contributed by atoms with E-state index in [0.29, 0.717) is 6.04 Å². The Hall–Kier alpha value is -1.56. The third-order valence-corrected chi connectivity index (χ3v) is 5.59. The molecule has 1 atom stereocenters. The summed E-state index contributed by atoms with van der Waals surface area (Å²) in [6.45, 7) is 7.00. The van der Waals surface area contributed by atoms with Crippen LogP contribution in [0.1, 0.15) is 23.7 Å². The van der Waals surface area contributed by atoms with Gasteiger partial charge in [0.15, 0.2) is 0 Å². The highest BCUT2D eigenvalue weighted by atomic mass is 16.5. The second kappa shape index (κ2) is 6.75. The molecular formula is C19H28N4O. The maximum Gasteiger partial charge on any atom is 0.119 e. The first kappa shape index (κ1) is 15.9. The number of nitrogens with one attached hydrogen (secondary N) is 2. The lowest BCUT2D eigenvalue weighted by molar-refractivity contribution is 0.148. The zero-order valence-electron chi connectivity index (χ0n) is 14.8. The van der Waals surface area contributed by atoms with E-state index < -0.39 is 0 Å². The van der Waals surface area contributed by atoms with Gasteiger partial charge < -0.3 is 24.8 Å². The van der Waals surface area contributed by atoms with E-state index in [2.05, 4.69) is 39.3 Å². The van der Waals surface area contributed by atoms with E-state index in [1.165, 1.54) is 61.3 Å². The predicted octanol–water partition coefficient (Wildman–Crippen LogP) is 2.00. The molecule has 0 saturated carbocycles. The molecule has 2 aliphatic rings. The van der Waals surface area contributed by atoms with Crippen molar-refractivity contribution >= 4 is 10.9 Å². The topological polar surface area (TPSA) is 43.5 Å². The molecular weight excluding hydrogens is 300 g/mol. The van der Waals surface area contributed by atoms with Crippen molar-refractivity contribution in [2.75, 3.05) is 53.4 Å². The Labute approximate surface area is 144 Å². The van der Waals surface area contributed by atoms with Gasteiger partial charge in [0.25, 0.3) is 0 Å². The summed E-state index contributed by atoms with van der Waals surface area (Å²) in [7, 11) is 3.95. The molecule has 1 aromatic heterocycles. The van der Waals surface area contributed by atoms with Crippen LogP contribution in [0.5, 0.6) is 5.75 Å². The molecule has 2 aliphatic heterocycles. The fourth-order valence-electron chi connectivity index (χ4n) is 4.04. The number of ether oxygens (including phenoxy) is 1. The number of nitrogens with zero attached hydrogens (tertiary/aromatic N) is 2. The number of rotatable bonds is 4. The molecule has 0 bridgehead atoms. The molecule has 0 aliphatic carbocycles. The van der Waals surface area contributed by atoms with Crippen molar-refractivity contribution in [3.63, 3.8) is 0 Å². The molecule has 2 N–H and O–H groups in total. The minimum Gasteiger partial charge on any atom is -0.497 e. The quantitative estimate of drug-likeness (QED) is 0.901. The maximum absolute atomic E-state index is 5.40. The molecule has 2 aromatic rings. The van der Waals surface area contributed by atoms with Gasteiger partial charge in [0, 0.05) is 55.4 Å². The SMILES string of the molecule is COc1ccc2[nH]c3c(c2c1)CCN[C@@H]3CCN1CCN(C)CC1.